The molecule has 0 atom stereocenters. The quantitative estimate of drug-likeness (QED) is 0.693. The zero-order valence-electron chi connectivity index (χ0n) is 12.6. The summed E-state index contributed by atoms with van der Waals surface area (Å²) in [5.74, 6) is 0.734. The first-order valence-electron chi connectivity index (χ1n) is 6.55. The zero-order chi connectivity index (χ0) is 14.9. The number of hydrogen-bond donors (Lipinski definition) is 1. The van der Waals surface area contributed by atoms with Crippen molar-refractivity contribution in [2.75, 3.05) is 5.73 Å². The smallest absolute Gasteiger partial charge is 0.188 e. The van der Waals surface area contributed by atoms with Crippen molar-refractivity contribution in [3.05, 3.63) is 40.0 Å². The van der Waals surface area contributed by atoms with Gasteiger partial charge in [-0.15, -0.1) is 0 Å². The highest BCUT2D eigenvalue weighted by atomic mass is 32.2. The maximum atomic E-state index is 6.04. The standard InChI is InChI=1S/C15H20N4S/c1-8-6-17-13(10(3)14(8)16)7-20-15-18-11(4)9(2)12(5)19-15/h6H,7H2,1-5H3,(H2,16,17). The first kappa shape index (κ1) is 14.8. The molecule has 0 fully saturated rings. The summed E-state index contributed by atoms with van der Waals surface area (Å²) in [7, 11) is 0. The number of aromatic nitrogens is 3. The number of thioether (sulfide) groups is 1. The van der Waals surface area contributed by atoms with E-state index in [0.29, 0.717) is 0 Å². The number of anilines is 1. The maximum Gasteiger partial charge on any atom is 0.188 e. The van der Waals surface area contributed by atoms with E-state index < -0.39 is 0 Å². The van der Waals surface area contributed by atoms with Crippen LogP contribution in [0, 0.1) is 34.6 Å². The molecule has 2 aromatic heterocycles. The van der Waals surface area contributed by atoms with Gasteiger partial charge in [0.1, 0.15) is 0 Å². The molecule has 0 saturated carbocycles. The highest BCUT2D eigenvalue weighted by Gasteiger charge is 2.09. The average molecular weight is 288 g/mol. The van der Waals surface area contributed by atoms with Crippen LogP contribution >= 0.6 is 11.8 Å². The topological polar surface area (TPSA) is 64.7 Å². The number of aryl methyl sites for hydroxylation is 3. The van der Waals surface area contributed by atoms with Gasteiger partial charge in [0.2, 0.25) is 0 Å². The van der Waals surface area contributed by atoms with E-state index in [9.17, 15) is 0 Å². The Morgan fingerprint density at radius 2 is 1.60 bits per heavy atom. The van der Waals surface area contributed by atoms with Crippen LogP contribution in [-0.2, 0) is 5.75 Å². The average Bonchev–Trinajstić information content (AvgIpc) is 2.41. The van der Waals surface area contributed by atoms with Gasteiger partial charge in [0, 0.05) is 29.0 Å². The second-order valence-electron chi connectivity index (χ2n) is 5.02. The zero-order valence-corrected chi connectivity index (χ0v) is 13.4. The van der Waals surface area contributed by atoms with Crippen LogP contribution in [0.1, 0.15) is 33.8 Å². The Kier molecular flexibility index (Phi) is 4.28. The Morgan fingerprint density at radius 1 is 1.00 bits per heavy atom. The predicted molar refractivity (Wildman–Crippen MR) is 83.9 cm³/mol. The molecule has 4 nitrogen and oxygen atoms in total. The molecule has 0 aliphatic carbocycles. The van der Waals surface area contributed by atoms with Gasteiger partial charge in [-0.2, -0.15) is 0 Å². The fourth-order valence-corrected chi connectivity index (χ4v) is 2.84. The highest BCUT2D eigenvalue weighted by Crippen LogP contribution is 2.25. The molecule has 0 bridgehead atoms. The van der Waals surface area contributed by atoms with Gasteiger partial charge in [-0.1, -0.05) is 11.8 Å². The van der Waals surface area contributed by atoms with Crippen LogP contribution in [0.25, 0.3) is 0 Å². The van der Waals surface area contributed by atoms with Gasteiger partial charge < -0.3 is 5.73 Å². The van der Waals surface area contributed by atoms with Crippen LogP contribution < -0.4 is 5.73 Å². The van der Waals surface area contributed by atoms with Crippen LogP contribution in [0.2, 0.25) is 0 Å². The summed E-state index contributed by atoms with van der Waals surface area (Å²) in [6, 6.07) is 0. The van der Waals surface area contributed by atoms with Gasteiger partial charge >= 0.3 is 0 Å². The van der Waals surface area contributed by atoms with Gasteiger partial charge in [0.05, 0.1) is 5.69 Å². The van der Waals surface area contributed by atoms with Crippen LogP contribution in [0.5, 0.6) is 0 Å². The number of pyridine rings is 1. The van der Waals surface area contributed by atoms with Crippen molar-refractivity contribution in [1.82, 2.24) is 15.0 Å². The van der Waals surface area contributed by atoms with E-state index >= 15 is 0 Å². The SMILES string of the molecule is Cc1cnc(CSc2nc(C)c(C)c(C)n2)c(C)c1N. The molecule has 5 heteroatoms. The molecule has 0 aromatic carbocycles. The van der Waals surface area contributed by atoms with Crippen molar-refractivity contribution in [1.29, 1.82) is 0 Å². The van der Waals surface area contributed by atoms with Crippen molar-refractivity contribution in [3.8, 4) is 0 Å². The molecule has 0 aliphatic heterocycles. The van der Waals surface area contributed by atoms with Crippen molar-refractivity contribution in [2.45, 2.75) is 45.5 Å². The third-order valence-corrected chi connectivity index (χ3v) is 4.48. The van der Waals surface area contributed by atoms with Gasteiger partial charge in [0.25, 0.3) is 0 Å². The third-order valence-electron chi connectivity index (χ3n) is 3.63. The minimum atomic E-state index is 0.734. The van der Waals surface area contributed by atoms with Crippen molar-refractivity contribution in [2.24, 2.45) is 0 Å². The number of nitrogen functional groups attached to an aromatic ring is 1. The fourth-order valence-electron chi connectivity index (χ4n) is 1.88. The van der Waals surface area contributed by atoms with Crippen molar-refractivity contribution < 1.29 is 0 Å². The molecule has 0 saturated heterocycles. The monoisotopic (exact) mass is 288 g/mol. The molecule has 2 heterocycles. The van der Waals surface area contributed by atoms with E-state index in [1.807, 2.05) is 40.8 Å². The fraction of sp³-hybridized carbons (Fsp3) is 0.400. The molecule has 0 unspecified atom stereocenters. The van der Waals surface area contributed by atoms with Crippen molar-refractivity contribution in [3.63, 3.8) is 0 Å². The Hall–Kier alpha value is -1.62. The van der Waals surface area contributed by atoms with Gasteiger partial charge in [0.15, 0.2) is 5.16 Å². The van der Waals surface area contributed by atoms with Crippen molar-refractivity contribution >= 4 is 17.4 Å². The summed E-state index contributed by atoms with van der Waals surface area (Å²) in [4.78, 5) is 13.5. The number of nitrogens with two attached hydrogens (primary N) is 1. The molecule has 106 valence electrons. The molecular formula is C15H20N4S. The Balaban J connectivity index is 2.19. The Labute approximate surface area is 124 Å². The summed E-state index contributed by atoms with van der Waals surface area (Å²) in [6.45, 7) is 10.1. The largest absolute Gasteiger partial charge is 0.398 e. The lowest BCUT2D eigenvalue weighted by Gasteiger charge is -2.10. The van der Waals surface area contributed by atoms with Crippen LogP contribution in [0.4, 0.5) is 5.69 Å². The molecular weight excluding hydrogens is 268 g/mol. The predicted octanol–water partition coefficient (Wildman–Crippen LogP) is 3.29. The molecule has 0 spiro atoms. The second-order valence-corrected chi connectivity index (χ2v) is 5.96. The minimum absolute atomic E-state index is 0.734. The van der Waals surface area contributed by atoms with Crippen LogP contribution in [0.15, 0.2) is 11.4 Å². The molecule has 0 aliphatic rings. The summed E-state index contributed by atoms with van der Waals surface area (Å²) < 4.78 is 0. The molecule has 0 radical (unpaired) electrons. The summed E-state index contributed by atoms with van der Waals surface area (Å²) >= 11 is 1.60. The lowest BCUT2D eigenvalue weighted by atomic mass is 10.1. The van der Waals surface area contributed by atoms with E-state index in [-0.39, 0.29) is 0 Å². The number of nitrogens with zero attached hydrogens (tertiary/aromatic N) is 3. The van der Waals surface area contributed by atoms with E-state index in [1.165, 1.54) is 0 Å². The van der Waals surface area contributed by atoms with E-state index in [1.54, 1.807) is 11.8 Å². The van der Waals surface area contributed by atoms with E-state index in [4.69, 9.17) is 5.73 Å². The van der Waals surface area contributed by atoms with Gasteiger partial charge in [-0.25, -0.2) is 9.97 Å². The lowest BCUT2D eigenvalue weighted by molar-refractivity contribution is 0.879. The highest BCUT2D eigenvalue weighted by molar-refractivity contribution is 7.98. The normalized spacial score (nSPS) is 10.8. The molecule has 2 rings (SSSR count). The van der Waals surface area contributed by atoms with Crippen LogP contribution in [0.3, 0.4) is 0 Å². The second kappa shape index (κ2) is 5.79. The maximum absolute atomic E-state index is 6.04. The van der Waals surface area contributed by atoms with Gasteiger partial charge in [-0.05, 0) is 51.3 Å². The molecule has 0 amide bonds. The van der Waals surface area contributed by atoms with E-state index in [2.05, 4.69) is 15.0 Å². The van der Waals surface area contributed by atoms with Gasteiger partial charge in [-0.3, -0.25) is 4.98 Å². The minimum Gasteiger partial charge on any atom is -0.398 e. The molecule has 2 N–H and O–H groups in total. The number of hydrogen-bond acceptors (Lipinski definition) is 5. The Morgan fingerprint density at radius 3 is 2.20 bits per heavy atom. The summed E-state index contributed by atoms with van der Waals surface area (Å²) in [5.41, 5.74) is 13.2. The lowest BCUT2D eigenvalue weighted by Crippen LogP contribution is -2.02. The first-order chi connectivity index (χ1) is 9.40. The van der Waals surface area contributed by atoms with Crippen LogP contribution in [-0.4, -0.2) is 15.0 Å². The number of rotatable bonds is 3. The summed E-state index contributed by atoms with van der Waals surface area (Å²) in [6.07, 6.45) is 1.82. The third kappa shape index (κ3) is 2.93. The molecule has 20 heavy (non-hydrogen) atoms. The van der Waals surface area contributed by atoms with E-state index in [0.717, 1.165) is 50.4 Å². The molecule has 2 aromatic rings. The first-order valence-corrected chi connectivity index (χ1v) is 7.54. The Bertz CT molecular complexity index is 630. The summed E-state index contributed by atoms with van der Waals surface area (Å²) in [5, 5.41) is 0.797.